The van der Waals surface area contributed by atoms with Crippen LogP contribution in [0.1, 0.15) is 5.56 Å². The van der Waals surface area contributed by atoms with Gasteiger partial charge >= 0.3 is 0 Å². The van der Waals surface area contributed by atoms with Crippen molar-refractivity contribution in [2.45, 2.75) is 13.5 Å². The fourth-order valence-corrected chi connectivity index (χ4v) is 1.63. The molecule has 0 saturated carbocycles. The minimum Gasteiger partial charge on any atom is -0.506 e. The number of aryl methyl sites for hydroxylation is 1. The summed E-state index contributed by atoms with van der Waals surface area (Å²) >= 11 is 0. The van der Waals surface area contributed by atoms with Gasteiger partial charge in [0.2, 0.25) is 5.91 Å². The lowest BCUT2D eigenvalue weighted by atomic mass is 10.2. The quantitative estimate of drug-likeness (QED) is 0.498. The average Bonchev–Trinajstić information content (AvgIpc) is 2.77. The van der Waals surface area contributed by atoms with E-state index in [0.717, 1.165) is 23.8 Å². The van der Waals surface area contributed by atoms with Crippen LogP contribution in [0, 0.1) is 17.0 Å². The second-order valence-corrected chi connectivity index (χ2v) is 4.22. The number of nitrogens with one attached hydrogen (secondary N) is 1. The van der Waals surface area contributed by atoms with Gasteiger partial charge in [0.05, 0.1) is 16.8 Å². The third kappa shape index (κ3) is 3.10. The van der Waals surface area contributed by atoms with E-state index in [1.807, 2.05) is 6.92 Å². The van der Waals surface area contributed by atoms with Crippen LogP contribution in [0.4, 0.5) is 11.4 Å². The summed E-state index contributed by atoms with van der Waals surface area (Å²) in [5.74, 6) is -0.676. The number of hydrogen-bond acceptors (Lipinski definition) is 5. The number of non-ortho nitro benzene ring substituents is 1. The van der Waals surface area contributed by atoms with Crippen LogP contribution in [0.3, 0.4) is 0 Å². The molecule has 2 N–H and O–H groups in total. The number of anilines is 1. The van der Waals surface area contributed by atoms with E-state index in [4.69, 9.17) is 0 Å². The van der Waals surface area contributed by atoms with Gasteiger partial charge in [0.25, 0.3) is 5.69 Å². The van der Waals surface area contributed by atoms with Crippen LogP contribution in [-0.2, 0) is 11.3 Å². The monoisotopic (exact) mass is 276 g/mol. The van der Waals surface area contributed by atoms with Gasteiger partial charge < -0.3 is 10.4 Å². The van der Waals surface area contributed by atoms with Gasteiger partial charge in [0.1, 0.15) is 12.3 Å². The van der Waals surface area contributed by atoms with Gasteiger partial charge in [-0.2, -0.15) is 5.10 Å². The van der Waals surface area contributed by atoms with Crippen molar-refractivity contribution in [2.75, 3.05) is 5.32 Å². The number of phenols is 1. The van der Waals surface area contributed by atoms with Crippen LogP contribution in [0.5, 0.6) is 5.75 Å². The maximum Gasteiger partial charge on any atom is 0.271 e. The van der Waals surface area contributed by atoms with Gasteiger partial charge in [-0.3, -0.25) is 19.6 Å². The molecule has 0 bridgehead atoms. The maximum absolute atomic E-state index is 11.8. The number of nitro groups is 1. The van der Waals surface area contributed by atoms with E-state index >= 15 is 0 Å². The molecule has 0 atom stereocenters. The molecule has 1 aromatic carbocycles. The van der Waals surface area contributed by atoms with E-state index in [1.54, 1.807) is 12.4 Å². The molecule has 0 aliphatic rings. The van der Waals surface area contributed by atoms with Crippen molar-refractivity contribution in [1.82, 2.24) is 9.78 Å². The van der Waals surface area contributed by atoms with Crippen molar-refractivity contribution >= 4 is 17.3 Å². The number of aromatic nitrogens is 2. The number of rotatable bonds is 4. The molecule has 20 heavy (non-hydrogen) atoms. The first-order valence-electron chi connectivity index (χ1n) is 5.72. The summed E-state index contributed by atoms with van der Waals surface area (Å²) in [5.41, 5.74) is 0.692. The summed E-state index contributed by atoms with van der Waals surface area (Å²) in [6.07, 6.45) is 3.30. The molecule has 0 saturated heterocycles. The molecule has 0 unspecified atom stereocenters. The number of amides is 1. The molecule has 1 aromatic heterocycles. The molecule has 8 nitrogen and oxygen atoms in total. The van der Waals surface area contributed by atoms with Crippen molar-refractivity contribution in [3.8, 4) is 5.75 Å². The van der Waals surface area contributed by atoms with Crippen molar-refractivity contribution in [2.24, 2.45) is 0 Å². The van der Waals surface area contributed by atoms with Crippen LogP contribution in [0.25, 0.3) is 0 Å². The lowest BCUT2D eigenvalue weighted by molar-refractivity contribution is -0.384. The first-order valence-corrected chi connectivity index (χ1v) is 5.72. The predicted molar refractivity (Wildman–Crippen MR) is 70.4 cm³/mol. The molecule has 0 aliphatic carbocycles. The SMILES string of the molecule is Cc1cnn(CC(=O)Nc2cc([N+](=O)[O-])ccc2O)c1. The zero-order valence-electron chi connectivity index (χ0n) is 10.6. The standard InChI is InChI=1S/C12H12N4O4/c1-8-5-13-15(6-8)7-12(18)14-10-4-9(16(19)20)2-3-11(10)17/h2-6,17H,7H2,1H3,(H,14,18). The number of nitro benzene ring substituents is 1. The largest absolute Gasteiger partial charge is 0.506 e. The lowest BCUT2D eigenvalue weighted by Crippen LogP contribution is -2.19. The second-order valence-electron chi connectivity index (χ2n) is 4.22. The molecular formula is C12H12N4O4. The summed E-state index contributed by atoms with van der Waals surface area (Å²) in [7, 11) is 0. The molecule has 2 aromatic rings. The Kier molecular flexibility index (Phi) is 3.65. The molecular weight excluding hydrogens is 264 g/mol. The van der Waals surface area contributed by atoms with Crippen molar-refractivity contribution in [3.05, 3.63) is 46.3 Å². The maximum atomic E-state index is 11.8. The minimum atomic E-state index is -0.605. The third-order valence-corrected chi connectivity index (χ3v) is 2.53. The summed E-state index contributed by atoms with van der Waals surface area (Å²) in [5, 5.41) is 26.6. The highest BCUT2D eigenvalue weighted by molar-refractivity contribution is 5.92. The Hall–Kier alpha value is -2.90. The number of carbonyl (C=O) groups is 1. The van der Waals surface area contributed by atoms with Crippen LogP contribution in [0.2, 0.25) is 0 Å². The van der Waals surface area contributed by atoms with Gasteiger partial charge in [-0.25, -0.2) is 0 Å². The Morgan fingerprint density at radius 2 is 2.30 bits per heavy atom. The number of aromatic hydroxyl groups is 1. The van der Waals surface area contributed by atoms with Gasteiger partial charge in [0.15, 0.2) is 0 Å². The van der Waals surface area contributed by atoms with Crippen LogP contribution in [-0.4, -0.2) is 25.7 Å². The molecule has 8 heteroatoms. The minimum absolute atomic E-state index is 0.00641. The first kappa shape index (κ1) is 13.5. The Bertz CT molecular complexity index is 665. The summed E-state index contributed by atoms with van der Waals surface area (Å²) in [6.45, 7) is 1.80. The Labute approximate surface area is 113 Å². The fraction of sp³-hybridized carbons (Fsp3) is 0.167. The Balaban J connectivity index is 2.11. The molecule has 0 radical (unpaired) electrons. The highest BCUT2D eigenvalue weighted by Crippen LogP contribution is 2.27. The molecule has 1 heterocycles. The van der Waals surface area contributed by atoms with E-state index in [0.29, 0.717) is 0 Å². The second kappa shape index (κ2) is 5.39. The Morgan fingerprint density at radius 3 is 2.90 bits per heavy atom. The normalized spacial score (nSPS) is 10.2. The number of carbonyl (C=O) groups excluding carboxylic acids is 1. The average molecular weight is 276 g/mol. The zero-order chi connectivity index (χ0) is 14.7. The molecule has 0 fully saturated rings. The molecule has 104 valence electrons. The first-order chi connectivity index (χ1) is 9.45. The predicted octanol–water partition coefficient (Wildman–Crippen LogP) is 1.44. The molecule has 2 rings (SSSR count). The zero-order valence-corrected chi connectivity index (χ0v) is 10.6. The van der Waals surface area contributed by atoms with Crippen molar-refractivity contribution in [3.63, 3.8) is 0 Å². The van der Waals surface area contributed by atoms with Gasteiger partial charge in [-0.05, 0) is 18.6 Å². The van der Waals surface area contributed by atoms with Crippen LogP contribution in [0.15, 0.2) is 30.6 Å². The number of nitrogens with zero attached hydrogens (tertiary/aromatic N) is 3. The van der Waals surface area contributed by atoms with Crippen LogP contribution >= 0.6 is 0 Å². The third-order valence-electron chi connectivity index (χ3n) is 2.53. The summed E-state index contributed by atoms with van der Waals surface area (Å²) < 4.78 is 1.43. The van der Waals surface area contributed by atoms with Gasteiger partial charge in [0, 0.05) is 18.3 Å². The Morgan fingerprint density at radius 1 is 1.55 bits per heavy atom. The molecule has 0 spiro atoms. The van der Waals surface area contributed by atoms with Crippen molar-refractivity contribution in [1.29, 1.82) is 0 Å². The number of benzene rings is 1. The highest BCUT2D eigenvalue weighted by atomic mass is 16.6. The van der Waals surface area contributed by atoms with E-state index in [9.17, 15) is 20.0 Å². The van der Waals surface area contributed by atoms with Crippen molar-refractivity contribution < 1.29 is 14.8 Å². The van der Waals surface area contributed by atoms with E-state index in [2.05, 4.69) is 10.4 Å². The van der Waals surface area contributed by atoms with E-state index in [-0.39, 0.29) is 23.7 Å². The van der Waals surface area contributed by atoms with Crippen LogP contribution < -0.4 is 5.32 Å². The topological polar surface area (TPSA) is 110 Å². The number of phenolic OH excluding ortho intramolecular Hbond substituents is 1. The molecule has 0 aliphatic heterocycles. The lowest BCUT2D eigenvalue weighted by Gasteiger charge is -2.07. The summed E-state index contributed by atoms with van der Waals surface area (Å²) in [4.78, 5) is 21.8. The number of hydrogen-bond donors (Lipinski definition) is 2. The van der Waals surface area contributed by atoms with E-state index in [1.165, 1.54) is 4.68 Å². The van der Waals surface area contributed by atoms with E-state index < -0.39 is 10.8 Å². The molecule has 1 amide bonds. The van der Waals surface area contributed by atoms with Gasteiger partial charge in [-0.15, -0.1) is 0 Å². The van der Waals surface area contributed by atoms with Gasteiger partial charge in [-0.1, -0.05) is 0 Å². The highest BCUT2D eigenvalue weighted by Gasteiger charge is 2.13. The summed E-state index contributed by atoms with van der Waals surface area (Å²) in [6, 6.07) is 3.41. The fourth-order valence-electron chi connectivity index (χ4n) is 1.63. The smallest absolute Gasteiger partial charge is 0.271 e.